The fourth-order valence-electron chi connectivity index (χ4n) is 1.78. The Kier molecular flexibility index (Phi) is 5.44. The number of rotatable bonds is 3. The van der Waals surface area contributed by atoms with Crippen molar-refractivity contribution in [2.45, 2.75) is 25.6 Å². The molecule has 1 aliphatic heterocycles. The van der Waals surface area contributed by atoms with Crippen molar-refractivity contribution in [3.8, 4) is 5.75 Å². The molecule has 1 aromatic carbocycles. The van der Waals surface area contributed by atoms with E-state index in [1.807, 2.05) is 4.31 Å². The van der Waals surface area contributed by atoms with E-state index in [1.54, 1.807) is 18.2 Å². The molecule has 1 amide bonds. The molecule has 0 atom stereocenters. The van der Waals surface area contributed by atoms with Gasteiger partial charge in [0.2, 0.25) is 5.60 Å². The minimum atomic E-state index is -4.65. The lowest BCUT2D eigenvalue weighted by molar-refractivity contribution is -0.242. The van der Waals surface area contributed by atoms with Crippen LogP contribution in [0.5, 0.6) is 5.75 Å². The maximum absolute atomic E-state index is 12.7. The van der Waals surface area contributed by atoms with Crippen molar-refractivity contribution in [2.24, 2.45) is 0 Å². The van der Waals surface area contributed by atoms with Crippen LogP contribution in [0.15, 0.2) is 18.2 Å². The standard InChI is InChI=1S/C13H14F3IN2O3S/c1-12(2,13(14,15)16)22-11(20)18-8-3-4-10-9(7-8)19(23-17)5-6-21-10/h3-4,7H,5-6H2,1-2H3,(H,18,20). The van der Waals surface area contributed by atoms with Gasteiger partial charge >= 0.3 is 12.3 Å². The number of alkyl halides is 3. The maximum atomic E-state index is 12.7. The summed E-state index contributed by atoms with van der Waals surface area (Å²) < 4.78 is 50.1. The Hall–Kier alpha value is -1.04. The number of carbonyl (C=O) groups excluding carboxylic acids is 1. The minimum Gasteiger partial charge on any atom is -0.489 e. The molecule has 10 heteroatoms. The van der Waals surface area contributed by atoms with Gasteiger partial charge in [-0.15, -0.1) is 0 Å². The molecule has 0 aromatic heterocycles. The lowest BCUT2D eigenvalue weighted by atomic mass is 10.1. The van der Waals surface area contributed by atoms with E-state index < -0.39 is 17.9 Å². The summed E-state index contributed by atoms with van der Waals surface area (Å²) in [5.74, 6) is 0.648. The monoisotopic (exact) mass is 462 g/mol. The Bertz CT molecular complexity index is 598. The summed E-state index contributed by atoms with van der Waals surface area (Å²) >= 11 is 2.12. The van der Waals surface area contributed by atoms with Crippen molar-refractivity contribution in [1.82, 2.24) is 0 Å². The molecule has 2 rings (SSSR count). The second kappa shape index (κ2) is 6.83. The largest absolute Gasteiger partial charge is 0.489 e. The summed E-state index contributed by atoms with van der Waals surface area (Å²) in [5.41, 5.74) is -1.51. The molecule has 1 aromatic rings. The number of fused-ring (bicyclic) bond motifs is 1. The summed E-state index contributed by atoms with van der Waals surface area (Å²) in [7, 11) is 1.46. The highest BCUT2D eigenvalue weighted by atomic mass is 127. The van der Waals surface area contributed by atoms with Crippen LogP contribution in [-0.4, -0.2) is 31.0 Å². The van der Waals surface area contributed by atoms with Gasteiger partial charge in [-0.05, 0) is 32.0 Å². The van der Waals surface area contributed by atoms with E-state index in [0.29, 0.717) is 24.6 Å². The molecule has 1 aliphatic rings. The van der Waals surface area contributed by atoms with E-state index in [0.717, 1.165) is 19.5 Å². The van der Waals surface area contributed by atoms with Gasteiger partial charge in [-0.2, -0.15) is 13.2 Å². The summed E-state index contributed by atoms with van der Waals surface area (Å²) in [4.78, 5) is 11.7. The fraction of sp³-hybridized carbons (Fsp3) is 0.462. The zero-order chi connectivity index (χ0) is 17.3. The zero-order valence-electron chi connectivity index (χ0n) is 12.2. The van der Waals surface area contributed by atoms with Crippen LogP contribution in [-0.2, 0) is 4.74 Å². The normalized spacial score (nSPS) is 14.8. The van der Waals surface area contributed by atoms with Crippen molar-refractivity contribution in [2.75, 3.05) is 22.8 Å². The van der Waals surface area contributed by atoms with Gasteiger partial charge in [0, 0.05) is 36.0 Å². The summed E-state index contributed by atoms with van der Waals surface area (Å²) in [6, 6.07) is 4.82. The van der Waals surface area contributed by atoms with Gasteiger partial charge in [-0.3, -0.25) is 5.32 Å². The van der Waals surface area contributed by atoms with Crippen molar-refractivity contribution in [3.05, 3.63) is 18.2 Å². The molecule has 0 aliphatic carbocycles. The first-order valence-corrected chi connectivity index (χ1v) is 9.85. The highest BCUT2D eigenvalue weighted by molar-refractivity contribution is 14.2. The molecule has 23 heavy (non-hydrogen) atoms. The highest BCUT2D eigenvalue weighted by Crippen LogP contribution is 2.39. The lowest BCUT2D eigenvalue weighted by Gasteiger charge is -2.29. The van der Waals surface area contributed by atoms with Gasteiger partial charge in [0.15, 0.2) is 0 Å². The van der Waals surface area contributed by atoms with Crippen molar-refractivity contribution < 1.29 is 27.4 Å². The number of halogens is 4. The van der Waals surface area contributed by atoms with Gasteiger partial charge in [0.1, 0.15) is 12.4 Å². The highest BCUT2D eigenvalue weighted by Gasteiger charge is 2.50. The number of nitrogens with zero attached hydrogens (tertiary/aromatic N) is 1. The van der Waals surface area contributed by atoms with Crippen molar-refractivity contribution in [3.63, 3.8) is 0 Å². The second-order valence-electron chi connectivity index (χ2n) is 5.22. The average molecular weight is 462 g/mol. The van der Waals surface area contributed by atoms with Crippen LogP contribution in [0, 0.1) is 0 Å². The molecule has 0 saturated carbocycles. The van der Waals surface area contributed by atoms with Crippen LogP contribution in [0.25, 0.3) is 0 Å². The van der Waals surface area contributed by atoms with Gasteiger partial charge in [0.25, 0.3) is 0 Å². The molecule has 1 N–H and O–H groups in total. The van der Waals surface area contributed by atoms with Crippen LogP contribution in [0.3, 0.4) is 0 Å². The number of benzene rings is 1. The van der Waals surface area contributed by atoms with E-state index in [9.17, 15) is 18.0 Å². The minimum absolute atomic E-state index is 0.327. The summed E-state index contributed by atoms with van der Waals surface area (Å²) in [6.07, 6.45) is -5.82. The third kappa shape index (κ3) is 4.28. The van der Waals surface area contributed by atoms with E-state index in [2.05, 4.69) is 31.3 Å². The third-order valence-corrected chi connectivity index (χ3v) is 5.11. The molecule has 128 valence electrons. The number of hydrogen-bond acceptors (Lipinski definition) is 5. The molecule has 1 heterocycles. The van der Waals surface area contributed by atoms with Crippen LogP contribution >= 0.6 is 30.3 Å². The average Bonchev–Trinajstić information content (AvgIpc) is 2.44. The van der Waals surface area contributed by atoms with E-state index in [1.165, 1.54) is 9.12 Å². The van der Waals surface area contributed by atoms with Crippen LogP contribution in [0.2, 0.25) is 0 Å². The Balaban J connectivity index is 2.10. The van der Waals surface area contributed by atoms with Gasteiger partial charge in [0.05, 0.1) is 12.2 Å². The topological polar surface area (TPSA) is 50.8 Å². The maximum Gasteiger partial charge on any atom is 0.427 e. The van der Waals surface area contributed by atoms with Gasteiger partial charge in [-0.25, -0.2) is 4.79 Å². The number of carbonyl (C=O) groups is 1. The Morgan fingerprint density at radius 1 is 1.43 bits per heavy atom. The smallest absolute Gasteiger partial charge is 0.427 e. The van der Waals surface area contributed by atoms with E-state index in [4.69, 9.17) is 4.74 Å². The number of nitrogens with one attached hydrogen (secondary N) is 1. The Morgan fingerprint density at radius 2 is 2.13 bits per heavy atom. The van der Waals surface area contributed by atoms with E-state index >= 15 is 0 Å². The molecule has 5 nitrogen and oxygen atoms in total. The zero-order valence-corrected chi connectivity index (χ0v) is 15.2. The molecular weight excluding hydrogens is 448 g/mol. The van der Waals surface area contributed by atoms with E-state index in [-0.39, 0.29) is 0 Å². The molecular formula is C13H14F3IN2O3S. The number of ether oxygens (including phenoxy) is 2. The first kappa shape index (κ1) is 18.3. The first-order valence-electron chi connectivity index (χ1n) is 6.54. The van der Waals surface area contributed by atoms with Gasteiger partial charge in [-0.1, -0.05) is 0 Å². The number of anilines is 2. The van der Waals surface area contributed by atoms with Crippen LogP contribution < -0.4 is 14.4 Å². The Morgan fingerprint density at radius 3 is 2.74 bits per heavy atom. The van der Waals surface area contributed by atoms with Gasteiger partial charge < -0.3 is 13.8 Å². The molecule has 0 radical (unpaired) electrons. The fourth-order valence-corrected chi connectivity index (χ4v) is 3.36. The second-order valence-corrected chi connectivity index (χ2v) is 6.99. The third-order valence-electron chi connectivity index (χ3n) is 3.14. The first-order chi connectivity index (χ1) is 10.6. The molecule has 0 fully saturated rings. The summed E-state index contributed by atoms with van der Waals surface area (Å²) in [5, 5.41) is 2.31. The SMILES string of the molecule is CC(C)(OC(=O)Nc1ccc2c(c1)N(SI)CCO2)C(F)(F)F. The molecule has 0 spiro atoms. The Labute approximate surface area is 147 Å². The molecule has 0 bridgehead atoms. The van der Waals surface area contributed by atoms with Crippen molar-refractivity contribution >= 4 is 47.8 Å². The number of amides is 1. The molecule has 0 saturated heterocycles. The predicted molar refractivity (Wildman–Crippen MR) is 91.1 cm³/mol. The summed E-state index contributed by atoms with van der Waals surface area (Å²) in [6.45, 7) is 2.79. The van der Waals surface area contributed by atoms with Crippen LogP contribution in [0.1, 0.15) is 13.8 Å². The van der Waals surface area contributed by atoms with Crippen LogP contribution in [0.4, 0.5) is 29.3 Å². The lowest BCUT2D eigenvalue weighted by Crippen LogP contribution is -2.44. The predicted octanol–water partition coefficient (Wildman–Crippen LogP) is 4.77. The van der Waals surface area contributed by atoms with Crippen molar-refractivity contribution in [1.29, 1.82) is 0 Å². The molecule has 0 unspecified atom stereocenters. The number of hydrogen-bond donors (Lipinski definition) is 1. The quantitative estimate of drug-likeness (QED) is 0.518.